The molecule has 21 heavy (non-hydrogen) atoms. The van der Waals surface area contributed by atoms with Crippen molar-refractivity contribution in [2.75, 3.05) is 6.61 Å². The van der Waals surface area contributed by atoms with Gasteiger partial charge < -0.3 is 15.0 Å². The molecule has 0 saturated carbocycles. The first kappa shape index (κ1) is 16.0. The topological polar surface area (TPSA) is 53.1 Å². The highest BCUT2D eigenvalue weighted by molar-refractivity contribution is 9.10. The summed E-state index contributed by atoms with van der Waals surface area (Å²) in [6.07, 6.45) is 7.35. The minimum absolute atomic E-state index is 0.118. The van der Waals surface area contributed by atoms with Gasteiger partial charge >= 0.3 is 0 Å². The predicted molar refractivity (Wildman–Crippen MR) is 88.6 cm³/mol. The van der Waals surface area contributed by atoms with E-state index in [0.29, 0.717) is 6.61 Å². The standard InChI is InChI=1S/C16H22BrN3O/c1-12-8-15(17)10-14(9-13(2)18)16(12)21-7-3-5-20-6-4-19-11-20/h4,6,8,10-11,13H,3,5,7,9,18H2,1-2H3. The summed E-state index contributed by atoms with van der Waals surface area (Å²) in [5.41, 5.74) is 8.24. The normalized spacial score (nSPS) is 12.4. The molecule has 0 amide bonds. The number of imidazole rings is 1. The first-order chi connectivity index (χ1) is 10.1. The van der Waals surface area contributed by atoms with Crippen molar-refractivity contribution in [1.29, 1.82) is 0 Å². The van der Waals surface area contributed by atoms with E-state index in [9.17, 15) is 0 Å². The van der Waals surface area contributed by atoms with Crippen molar-refractivity contribution in [1.82, 2.24) is 9.55 Å². The Morgan fingerprint density at radius 3 is 2.90 bits per heavy atom. The SMILES string of the molecule is Cc1cc(Br)cc(CC(C)N)c1OCCCn1ccnc1. The van der Waals surface area contributed by atoms with Crippen molar-refractivity contribution < 1.29 is 4.74 Å². The lowest BCUT2D eigenvalue weighted by atomic mass is 10.0. The summed E-state index contributed by atoms with van der Waals surface area (Å²) in [4.78, 5) is 4.03. The van der Waals surface area contributed by atoms with Crippen molar-refractivity contribution in [3.63, 3.8) is 0 Å². The summed E-state index contributed by atoms with van der Waals surface area (Å²) in [5, 5.41) is 0. The van der Waals surface area contributed by atoms with Gasteiger partial charge in [-0.2, -0.15) is 0 Å². The molecule has 2 N–H and O–H groups in total. The molecule has 4 nitrogen and oxygen atoms in total. The van der Waals surface area contributed by atoms with Gasteiger partial charge in [0.25, 0.3) is 0 Å². The average molecular weight is 352 g/mol. The van der Waals surface area contributed by atoms with Crippen LogP contribution in [0.15, 0.2) is 35.3 Å². The summed E-state index contributed by atoms with van der Waals surface area (Å²) < 4.78 is 9.14. The Labute approximate surface area is 134 Å². The van der Waals surface area contributed by atoms with Gasteiger partial charge in [-0.05, 0) is 49.9 Å². The van der Waals surface area contributed by atoms with Crippen LogP contribution in [0.1, 0.15) is 24.5 Å². The fraction of sp³-hybridized carbons (Fsp3) is 0.438. The summed E-state index contributed by atoms with van der Waals surface area (Å²) in [6, 6.07) is 4.30. The van der Waals surface area contributed by atoms with Crippen molar-refractivity contribution in [2.24, 2.45) is 5.73 Å². The van der Waals surface area contributed by atoms with Crippen molar-refractivity contribution in [2.45, 2.75) is 39.3 Å². The van der Waals surface area contributed by atoms with Crippen LogP contribution in [0.25, 0.3) is 0 Å². The van der Waals surface area contributed by atoms with Crippen LogP contribution in [-0.4, -0.2) is 22.2 Å². The second-order valence-electron chi connectivity index (χ2n) is 5.39. The van der Waals surface area contributed by atoms with Crippen LogP contribution in [0.2, 0.25) is 0 Å². The Morgan fingerprint density at radius 1 is 1.43 bits per heavy atom. The monoisotopic (exact) mass is 351 g/mol. The van der Waals surface area contributed by atoms with Crippen LogP contribution in [0.5, 0.6) is 5.75 Å². The number of halogens is 1. The molecule has 1 aromatic heterocycles. The maximum absolute atomic E-state index is 6.01. The molecule has 0 radical (unpaired) electrons. The van der Waals surface area contributed by atoms with Crippen LogP contribution in [0.4, 0.5) is 0 Å². The third-order valence-electron chi connectivity index (χ3n) is 3.22. The molecular formula is C16H22BrN3O. The number of hydrogen-bond acceptors (Lipinski definition) is 3. The number of rotatable bonds is 7. The molecule has 1 aromatic carbocycles. The summed E-state index contributed by atoms with van der Waals surface area (Å²) in [7, 11) is 0. The second kappa shape index (κ2) is 7.61. The Morgan fingerprint density at radius 2 is 2.24 bits per heavy atom. The second-order valence-corrected chi connectivity index (χ2v) is 6.31. The first-order valence-corrected chi connectivity index (χ1v) is 7.98. The molecule has 2 aromatic rings. The van der Waals surface area contributed by atoms with E-state index < -0.39 is 0 Å². The van der Waals surface area contributed by atoms with E-state index in [2.05, 4.69) is 44.5 Å². The molecule has 1 unspecified atom stereocenters. The van der Waals surface area contributed by atoms with E-state index in [1.54, 1.807) is 6.20 Å². The van der Waals surface area contributed by atoms with Crippen molar-refractivity contribution in [3.8, 4) is 5.75 Å². The number of ether oxygens (including phenoxy) is 1. The molecular weight excluding hydrogens is 330 g/mol. The van der Waals surface area contributed by atoms with E-state index in [1.165, 1.54) is 5.56 Å². The van der Waals surface area contributed by atoms with Gasteiger partial charge in [0.15, 0.2) is 0 Å². The maximum Gasteiger partial charge on any atom is 0.125 e. The molecule has 0 fully saturated rings. The Bertz CT molecular complexity index is 567. The van der Waals surface area contributed by atoms with E-state index >= 15 is 0 Å². The third-order valence-corrected chi connectivity index (χ3v) is 3.68. The van der Waals surface area contributed by atoms with E-state index in [0.717, 1.165) is 35.2 Å². The fourth-order valence-corrected chi connectivity index (χ4v) is 2.96. The lowest BCUT2D eigenvalue weighted by Crippen LogP contribution is -2.18. The molecule has 2 rings (SSSR count). The minimum atomic E-state index is 0.118. The lowest BCUT2D eigenvalue weighted by Gasteiger charge is -2.16. The molecule has 0 spiro atoms. The molecule has 0 aliphatic heterocycles. The number of aryl methyl sites for hydroxylation is 2. The average Bonchev–Trinajstić information content (AvgIpc) is 2.89. The van der Waals surface area contributed by atoms with Gasteiger partial charge in [-0.1, -0.05) is 15.9 Å². The number of nitrogens with two attached hydrogens (primary N) is 1. The molecule has 0 aliphatic carbocycles. The Hall–Kier alpha value is -1.33. The molecule has 5 heteroatoms. The van der Waals surface area contributed by atoms with E-state index in [1.807, 2.05) is 19.4 Å². The van der Waals surface area contributed by atoms with Crippen LogP contribution < -0.4 is 10.5 Å². The number of nitrogens with zero attached hydrogens (tertiary/aromatic N) is 2. The predicted octanol–water partition coefficient (Wildman–Crippen LogP) is 3.31. The molecule has 0 aliphatic rings. The fourth-order valence-electron chi connectivity index (χ4n) is 2.34. The third kappa shape index (κ3) is 4.86. The van der Waals surface area contributed by atoms with Gasteiger partial charge in [0.05, 0.1) is 12.9 Å². The van der Waals surface area contributed by atoms with Crippen molar-refractivity contribution >= 4 is 15.9 Å². The zero-order chi connectivity index (χ0) is 15.2. The molecule has 1 atom stereocenters. The van der Waals surface area contributed by atoms with Crippen LogP contribution in [-0.2, 0) is 13.0 Å². The summed E-state index contributed by atoms with van der Waals surface area (Å²) in [5.74, 6) is 0.973. The quantitative estimate of drug-likeness (QED) is 0.778. The van der Waals surface area contributed by atoms with Gasteiger partial charge in [-0.15, -0.1) is 0 Å². The summed E-state index contributed by atoms with van der Waals surface area (Å²) >= 11 is 3.54. The largest absolute Gasteiger partial charge is 0.493 e. The van der Waals surface area contributed by atoms with Gasteiger partial charge in [0.1, 0.15) is 5.75 Å². The van der Waals surface area contributed by atoms with Gasteiger partial charge in [0, 0.05) is 29.5 Å². The van der Waals surface area contributed by atoms with Crippen LogP contribution in [0.3, 0.4) is 0 Å². The molecule has 0 bridgehead atoms. The van der Waals surface area contributed by atoms with E-state index in [-0.39, 0.29) is 6.04 Å². The zero-order valence-corrected chi connectivity index (χ0v) is 14.1. The summed E-state index contributed by atoms with van der Waals surface area (Å²) in [6.45, 7) is 5.69. The van der Waals surface area contributed by atoms with Crippen molar-refractivity contribution in [3.05, 3.63) is 46.5 Å². The number of benzene rings is 1. The highest BCUT2D eigenvalue weighted by Crippen LogP contribution is 2.29. The Balaban J connectivity index is 1.97. The van der Waals surface area contributed by atoms with Gasteiger partial charge in [-0.25, -0.2) is 4.98 Å². The number of aromatic nitrogens is 2. The lowest BCUT2D eigenvalue weighted by molar-refractivity contribution is 0.296. The number of hydrogen-bond donors (Lipinski definition) is 1. The molecule has 1 heterocycles. The maximum atomic E-state index is 6.01. The Kier molecular flexibility index (Phi) is 5.82. The van der Waals surface area contributed by atoms with Gasteiger partial charge in [0.2, 0.25) is 0 Å². The van der Waals surface area contributed by atoms with Crippen LogP contribution in [0, 0.1) is 6.92 Å². The van der Waals surface area contributed by atoms with E-state index in [4.69, 9.17) is 10.5 Å². The highest BCUT2D eigenvalue weighted by atomic mass is 79.9. The van der Waals surface area contributed by atoms with Crippen LogP contribution >= 0.6 is 15.9 Å². The smallest absolute Gasteiger partial charge is 0.125 e. The molecule has 0 saturated heterocycles. The highest BCUT2D eigenvalue weighted by Gasteiger charge is 2.11. The minimum Gasteiger partial charge on any atom is -0.493 e. The zero-order valence-electron chi connectivity index (χ0n) is 12.6. The van der Waals surface area contributed by atoms with Gasteiger partial charge in [-0.3, -0.25) is 0 Å². The first-order valence-electron chi connectivity index (χ1n) is 7.19. The molecule has 114 valence electrons.